The fraction of sp³-hybridized carbons (Fsp3) is 0.462. The Kier molecular flexibility index (Phi) is 4.59. The van der Waals surface area contributed by atoms with Gasteiger partial charge in [0.05, 0.1) is 16.0 Å². The van der Waals surface area contributed by atoms with Crippen molar-refractivity contribution in [3.8, 4) is 0 Å². The van der Waals surface area contributed by atoms with Gasteiger partial charge in [0.15, 0.2) is 0 Å². The van der Waals surface area contributed by atoms with Crippen LogP contribution in [0.1, 0.15) is 36.0 Å². The normalized spacial score (nSPS) is 16.9. The fourth-order valence-electron chi connectivity index (χ4n) is 2.54. The van der Waals surface area contributed by atoms with Crippen LogP contribution in [0.25, 0.3) is 0 Å². The number of nitrogens with one attached hydrogen (secondary N) is 1. The maximum absolute atomic E-state index is 12.3. The van der Waals surface area contributed by atoms with E-state index in [9.17, 15) is 14.9 Å². The quantitative estimate of drug-likeness (QED) is 0.469. The Morgan fingerprint density at radius 3 is 2.60 bits per heavy atom. The van der Waals surface area contributed by atoms with Crippen molar-refractivity contribution < 1.29 is 9.72 Å². The molecule has 1 aliphatic carbocycles. The number of carbonyl (C=O) groups excluding carboxylic acids is 1. The number of nitro groups is 1. The molecule has 1 fully saturated rings. The van der Waals surface area contributed by atoms with Crippen LogP contribution in [-0.4, -0.2) is 22.9 Å². The van der Waals surface area contributed by atoms with Gasteiger partial charge in [-0.2, -0.15) is 0 Å². The van der Waals surface area contributed by atoms with Gasteiger partial charge in [-0.15, -0.1) is 0 Å². The SMILES string of the molecule is NCC1(NC(=O)c2ccc([N+](=O)[O-])cc2I)CCCC1. The molecule has 108 valence electrons. The molecule has 3 N–H and O–H groups in total. The molecule has 6 nitrogen and oxygen atoms in total. The van der Waals surface area contributed by atoms with E-state index in [0.29, 0.717) is 15.7 Å². The molecule has 0 atom stereocenters. The van der Waals surface area contributed by atoms with Crippen molar-refractivity contribution in [2.45, 2.75) is 31.2 Å². The lowest BCUT2D eigenvalue weighted by molar-refractivity contribution is -0.384. The van der Waals surface area contributed by atoms with Crippen LogP contribution in [0.4, 0.5) is 5.69 Å². The predicted octanol–water partition coefficient (Wildman–Crippen LogP) is 2.20. The molecule has 0 radical (unpaired) electrons. The number of nitrogens with two attached hydrogens (primary N) is 1. The van der Waals surface area contributed by atoms with Gasteiger partial charge in [0.2, 0.25) is 0 Å². The lowest BCUT2D eigenvalue weighted by atomic mass is 9.97. The lowest BCUT2D eigenvalue weighted by Crippen LogP contribution is -2.51. The third-order valence-electron chi connectivity index (χ3n) is 3.74. The largest absolute Gasteiger partial charge is 0.345 e. The molecule has 1 aromatic carbocycles. The summed E-state index contributed by atoms with van der Waals surface area (Å²) in [7, 11) is 0. The van der Waals surface area contributed by atoms with Crippen molar-refractivity contribution in [2.75, 3.05) is 6.54 Å². The minimum Gasteiger partial charge on any atom is -0.345 e. The predicted molar refractivity (Wildman–Crippen MR) is 83.5 cm³/mol. The van der Waals surface area contributed by atoms with E-state index in [0.717, 1.165) is 25.7 Å². The summed E-state index contributed by atoms with van der Waals surface area (Å²) in [5.41, 5.74) is 5.91. The zero-order valence-corrected chi connectivity index (χ0v) is 13.1. The molecule has 0 heterocycles. The van der Waals surface area contributed by atoms with Crippen LogP contribution in [0.3, 0.4) is 0 Å². The fourth-order valence-corrected chi connectivity index (χ4v) is 3.29. The van der Waals surface area contributed by atoms with Crippen LogP contribution in [-0.2, 0) is 0 Å². The Morgan fingerprint density at radius 2 is 2.10 bits per heavy atom. The first kappa shape index (κ1) is 15.2. The van der Waals surface area contributed by atoms with Gasteiger partial charge < -0.3 is 11.1 Å². The topological polar surface area (TPSA) is 98.3 Å². The summed E-state index contributed by atoms with van der Waals surface area (Å²) >= 11 is 1.94. The molecule has 1 aromatic rings. The summed E-state index contributed by atoms with van der Waals surface area (Å²) in [6, 6.07) is 4.24. The van der Waals surface area contributed by atoms with Crippen LogP contribution in [0.2, 0.25) is 0 Å². The minimum atomic E-state index is -0.470. The molecule has 1 saturated carbocycles. The zero-order valence-electron chi connectivity index (χ0n) is 10.9. The van der Waals surface area contributed by atoms with Crippen molar-refractivity contribution in [1.82, 2.24) is 5.32 Å². The summed E-state index contributed by atoms with van der Waals surface area (Å²) < 4.78 is 0.569. The van der Waals surface area contributed by atoms with Gasteiger partial charge in [-0.25, -0.2) is 0 Å². The number of hydrogen-bond donors (Lipinski definition) is 2. The highest BCUT2D eigenvalue weighted by atomic mass is 127. The monoisotopic (exact) mass is 389 g/mol. The molecule has 0 saturated heterocycles. The van der Waals surface area contributed by atoms with Crippen LogP contribution in [0, 0.1) is 13.7 Å². The lowest BCUT2D eigenvalue weighted by Gasteiger charge is -2.28. The first-order valence-corrected chi connectivity index (χ1v) is 7.52. The molecule has 0 bridgehead atoms. The van der Waals surface area contributed by atoms with Gasteiger partial charge >= 0.3 is 0 Å². The van der Waals surface area contributed by atoms with E-state index in [1.807, 2.05) is 22.6 Å². The number of rotatable bonds is 4. The van der Waals surface area contributed by atoms with Gasteiger partial charge in [-0.3, -0.25) is 14.9 Å². The van der Waals surface area contributed by atoms with Crippen LogP contribution >= 0.6 is 22.6 Å². The number of nitro benzene ring substituents is 1. The Balaban J connectivity index is 2.19. The van der Waals surface area contributed by atoms with E-state index in [2.05, 4.69) is 5.32 Å². The number of hydrogen-bond acceptors (Lipinski definition) is 4. The Labute approximate surface area is 130 Å². The van der Waals surface area contributed by atoms with E-state index in [1.165, 1.54) is 18.2 Å². The smallest absolute Gasteiger partial charge is 0.270 e. The summed E-state index contributed by atoms with van der Waals surface area (Å²) in [6.07, 6.45) is 3.90. The Bertz CT molecular complexity index is 542. The van der Waals surface area contributed by atoms with Crippen molar-refractivity contribution in [1.29, 1.82) is 0 Å². The first-order chi connectivity index (χ1) is 9.47. The molecule has 0 aromatic heterocycles. The summed E-state index contributed by atoms with van der Waals surface area (Å²) in [6.45, 7) is 0.419. The Hall–Kier alpha value is -1.22. The highest BCUT2D eigenvalue weighted by molar-refractivity contribution is 14.1. The molecule has 0 aliphatic heterocycles. The first-order valence-electron chi connectivity index (χ1n) is 6.44. The highest BCUT2D eigenvalue weighted by Crippen LogP contribution is 2.29. The van der Waals surface area contributed by atoms with Gasteiger partial charge in [0, 0.05) is 22.2 Å². The summed E-state index contributed by atoms with van der Waals surface area (Å²) in [5.74, 6) is -0.211. The van der Waals surface area contributed by atoms with Crippen molar-refractivity contribution in [2.24, 2.45) is 5.73 Å². The second-order valence-electron chi connectivity index (χ2n) is 5.07. The van der Waals surface area contributed by atoms with Gasteiger partial charge in [0.25, 0.3) is 11.6 Å². The van der Waals surface area contributed by atoms with Crippen molar-refractivity contribution >= 4 is 34.2 Å². The molecular formula is C13H16IN3O3. The van der Waals surface area contributed by atoms with Gasteiger partial charge in [0.1, 0.15) is 0 Å². The van der Waals surface area contributed by atoms with E-state index < -0.39 is 4.92 Å². The Morgan fingerprint density at radius 1 is 1.45 bits per heavy atom. The van der Waals surface area contributed by atoms with Crippen LogP contribution in [0.5, 0.6) is 0 Å². The average molecular weight is 389 g/mol. The van der Waals surface area contributed by atoms with Gasteiger partial charge in [-0.1, -0.05) is 12.8 Å². The number of nitrogens with zero attached hydrogens (tertiary/aromatic N) is 1. The third kappa shape index (κ3) is 3.09. The molecule has 1 amide bonds. The number of non-ortho nitro benzene ring substituents is 1. The average Bonchev–Trinajstić information content (AvgIpc) is 2.87. The molecule has 7 heteroatoms. The molecule has 0 unspecified atom stereocenters. The van der Waals surface area contributed by atoms with Crippen LogP contribution < -0.4 is 11.1 Å². The van der Waals surface area contributed by atoms with E-state index in [4.69, 9.17) is 5.73 Å². The molecular weight excluding hydrogens is 373 g/mol. The maximum atomic E-state index is 12.3. The van der Waals surface area contributed by atoms with Gasteiger partial charge in [-0.05, 0) is 41.5 Å². The van der Waals surface area contributed by atoms with E-state index in [1.54, 1.807) is 0 Å². The number of halogens is 1. The second-order valence-corrected chi connectivity index (χ2v) is 6.23. The second kappa shape index (κ2) is 6.04. The van der Waals surface area contributed by atoms with Crippen molar-refractivity contribution in [3.63, 3.8) is 0 Å². The molecule has 1 aliphatic rings. The van der Waals surface area contributed by atoms with E-state index in [-0.39, 0.29) is 17.1 Å². The number of carbonyl (C=O) groups is 1. The standard InChI is InChI=1S/C13H16IN3O3/c14-11-7-9(17(19)20)3-4-10(11)12(18)16-13(8-15)5-1-2-6-13/h3-4,7H,1-2,5-6,8,15H2,(H,16,18). The molecule has 2 rings (SSSR count). The van der Waals surface area contributed by atoms with Crippen molar-refractivity contribution in [3.05, 3.63) is 37.4 Å². The highest BCUT2D eigenvalue weighted by Gasteiger charge is 2.34. The zero-order chi connectivity index (χ0) is 14.8. The molecule has 20 heavy (non-hydrogen) atoms. The summed E-state index contributed by atoms with van der Waals surface area (Å²) in [4.78, 5) is 22.6. The minimum absolute atomic E-state index is 0.0136. The summed E-state index contributed by atoms with van der Waals surface area (Å²) in [5, 5.41) is 13.7. The third-order valence-corrected chi connectivity index (χ3v) is 4.63. The van der Waals surface area contributed by atoms with E-state index >= 15 is 0 Å². The molecule has 0 spiro atoms. The number of amides is 1. The van der Waals surface area contributed by atoms with Crippen LogP contribution in [0.15, 0.2) is 18.2 Å². The maximum Gasteiger partial charge on any atom is 0.270 e. The number of benzene rings is 1.